The van der Waals surface area contributed by atoms with Crippen LogP contribution in [0.4, 0.5) is 0 Å². The van der Waals surface area contributed by atoms with Gasteiger partial charge in [-0.3, -0.25) is 4.79 Å². The summed E-state index contributed by atoms with van der Waals surface area (Å²) >= 11 is 0. The van der Waals surface area contributed by atoms with Crippen molar-refractivity contribution in [2.75, 3.05) is 6.61 Å². The minimum atomic E-state index is -0.896. The summed E-state index contributed by atoms with van der Waals surface area (Å²) in [6.45, 7) is 4.09. The molecule has 3 rings (SSSR count). The molecule has 0 aliphatic heterocycles. The molecule has 0 saturated heterocycles. The second-order valence-electron chi connectivity index (χ2n) is 7.28. The Bertz CT molecular complexity index is 807. The Morgan fingerprint density at radius 3 is 2.54 bits per heavy atom. The lowest BCUT2D eigenvalue weighted by Crippen LogP contribution is -2.56. The number of esters is 1. The Hall–Kier alpha value is -2.70. The number of aryl methyl sites for hydroxylation is 2. The van der Waals surface area contributed by atoms with E-state index in [1.54, 1.807) is 6.92 Å². The second-order valence-corrected chi connectivity index (χ2v) is 7.28. The van der Waals surface area contributed by atoms with Crippen molar-refractivity contribution in [2.24, 2.45) is 0 Å². The molecule has 0 radical (unpaired) electrons. The maximum absolute atomic E-state index is 12.5. The summed E-state index contributed by atoms with van der Waals surface area (Å²) in [4.78, 5) is 24.9. The van der Waals surface area contributed by atoms with Gasteiger partial charge in [-0.15, -0.1) is 10.2 Å². The molecule has 1 heterocycles. The molecule has 28 heavy (non-hydrogen) atoms. The predicted molar refractivity (Wildman–Crippen MR) is 103 cm³/mol. The molecular weight excluding hydrogens is 358 g/mol. The first-order valence-corrected chi connectivity index (χ1v) is 9.90. The van der Waals surface area contributed by atoms with Gasteiger partial charge in [-0.05, 0) is 38.8 Å². The molecule has 1 aliphatic carbocycles. The van der Waals surface area contributed by atoms with E-state index in [9.17, 15) is 9.59 Å². The maximum Gasteiger partial charge on any atom is 0.331 e. The van der Waals surface area contributed by atoms with Crippen molar-refractivity contribution < 1.29 is 18.7 Å². The van der Waals surface area contributed by atoms with Crippen LogP contribution < -0.4 is 5.32 Å². The molecular formula is C21H27N3O4. The van der Waals surface area contributed by atoms with Gasteiger partial charge in [-0.2, -0.15) is 0 Å². The van der Waals surface area contributed by atoms with Gasteiger partial charge >= 0.3 is 5.97 Å². The summed E-state index contributed by atoms with van der Waals surface area (Å²) < 4.78 is 10.9. The Morgan fingerprint density at radius 1 is 1.14 bits per heavy atom. The number of aromatic nitrogens is 2. The van der Waals surface area contributed by atoms with E-state index in [0.717, 1.165) is 30.4 Å². The van der Waals surface area contributed by atoms with E-state index < -0.39 is 5.54 Å². The van der Waals surface area contributed by atoms with Crippen molar-refractivity contribution in [3.8, 4) is 11.5 Å². The Kier molecular flexibility index (Phi) is 6.44. The van der Waals surface area contributed by atoms with Crippen molar-refractivity contribution in [2.45, 2.75) is 64.3 Å². The summed E-state index contributed by atoms with van der Waals surface area (Å²) in [6.07, 6.45) is 4.62. The third-order valence-electron chi connectivity index (χ3n) is 5.08. The third kappa shape index (κ3) is 4.77. The van der Waals surface area contributed by atoms with Crippen molar-refractivity contribution in [1.82, 2.24) is 15.5 Å². The third-order valence-corrected chi connectivity index (χ3v) is 5.08. The number of carbonyl (C=O) groups is 2. The van der Waals surface area contributed by atoms with Gasteiger partial charge in [-0.25, -0.2) is 4.79 Å². The average molecular weight is 385 g/mol. The minimum absolute atomic E-state index is 0.177. The number of carbonyl (C=O) groups excluding carboxylic acids is 2. The Morgan fingerprint density at radius 2 is 1.86 bits per heavy atom. The van der Waals surface area contributed by atoms with E-state index in [0.29, 0.717) is 37.7 Å². The van der Waals surface area contributed by atoms with Crippen LogP contribution in [0.15, 0.2) is 28.7 Å². The molecule has 1 saturated carbocycles. The van der Waals surface area contributed by atoms with Crippen LogP contribution in [0.5, 0.6) is 0 Å². The summed E-state index contributed by atoms with van der Waals surface area (Å²) in [5.74, 6) is 0.303. The van der Waals surface area contributed by atoms with E-state index in [1.807, 2.05) is 31.2 Å². The first kappa shape index (κ1) is 20.0. The lowest BCUT2D eigenvalue weighted by atomic mass is 9.81. The molecule has 1 N–H and O–H groups in total. The minimum Gasteiger partial charge on any atom is -0.464 e. The molecule has 0 spiro atoms. The number of nitrogens with one attached hydrogen (secondary N) is 1. The van der Waals surface area contributed by atoms with E-state index >= 15 is 0 Å². The van der Waals surface area contributed by atoms with Gasteiger partial charge in [0.1, 0.15) is 5.54 Å². The van der Waals surface area contributed by atoms with Crippen LogP contribution in [0.1, 0.15) is 56.9 Å². The van der Waals surface area contributed by atoms with Gasteiger partial charge in [0.15, 0.2) is 0 Å². The first-order chi connectivity index (χ1) is 13.5. The summed E-state index contributed by atoms with van der Waals surface area (Å²) in [5, 5.41) is 11.0. The first-order valence-electron chi connectivity index (χ1n) is 9.90. The molecule has 2 aromatic rings. The Labute approximate surface area is 164 Å². The van der Waals surface area contributed by atoms with Gasteiger partial charge in [-0.1, -0.05) is 37.0 Å². The Balaban J connectivity index is 1.59. The standard InChI is InChI=1S/C21H27N3O4/c1-3-27-20(26)21(13-5-4-6-14-21)22-17(25)11-12-18-23-24-19(28-18)16-9-7-15(2)8-10-16/h7-10H,3-6,11-14H2,1-2H3,(H,22,25). The van der Waals surface area contributed by atoms with Crippen molar-refractivity contribution in [1.29, 1.82) is 0 Å². The van der Waals surface area contributed by atoms with Crippen LogP contribution in [0.2, 0.25) is 0 Å². The zero-order valence-corrected chi connectivity index (χ0v) is 16.5. The van der Waals surface area contributed by atoms with Gasteiger partial charge in [0.25, 0.3) is 0 Å². The molecule has 7 heteroatoms. The van der Waals surface area contributed by atoms with Crippen LogP contribution in [0, 0.1) is 6.92 Å². The molecule has 0 unspecified atom stereocenters. The molecule has 1 fully saturated rings. The van der Waals surface area contributed by atoms with Crippen LogP contribution >= 0.6 is 0 Å². The largest absolute Gasteiger partial charge is 0.464 e. The molecule has 1 aliphatic rings. The molecule has 0 atom stereocenters. The summed E-state index contributed by atoms with van der Waals surface area (Å²) in [6, 6.07) is 7.80. The van der Waals surface area contributed by atoms with Crippen molar-refractivity contribution in [3.63, 3.8) is 0 Å². The molecule has 0 bridgehead atoms. The van der Waals surface area contributed by atoms with Crippen LogP contribution in [-0.4, -0.2) is 34.2 Å². The van der Waals surface area contributed by atoms with Gasteiger partial charge in [0, 0.05) is 18.4 Å². The topological polar surface area (TPSA) is 94.3 Å². The van der Waals surface area contributed by atoms with Crippen molar-refractivity contribution in [3.05, 3.63) is 35.7 Å². The van der Waals surface area contributed by atoms with E-state index in [1.165, 1.54) is 0 Å². The highest BCUT2D eigenvalue weighted by atomic mass is 16.5. The van der Waals surface area contributed by atoms with Crippen molar-refractivity contribution >= 4 is 11.9 Å². The molecule has 1 amide bonds. The number of amides is 1. The number of nitrogens with zero attached hydrogens (tertiary/aromatic N) is 2. The molecule has 1 aromatic heterocycles. The average Bonchev–Trinajstić information content (AvgIpc) is 3.17. The number of benzene rings is 1. The highest BCUT2D eigenvalue weighted by Gasteiger charge is 2.42. The molecule has 1 aromatic carbocycles. The number of hydrogen-bond acceptors (Lipinski definition) is 6. The lowest BCUT2D eigenvalue weighted by Gasteiger charge is -2.35. The maximum atomic E-state index is 12.5. The zero-order valence-electron chi connectivity index (χ0n) is 16.5. The predicted octanol–water partition coefficient (Wildman–Crippen LogP) is 3.36. The fourth-order valence-electron chi connectivity index (χ4n) is 3.52. The normalized spacial score (nSPS) is 15.8. The fraction of sp³-hybridized carbons (Fsp3) is 0.524. The van der Waals surface area contributed by atoms with Gasteiger partial charge in [0.2, 0.25) is 17.7 Å². The van der Waals surface area contributed by atoms with E-state index in [-0.39, 0.29) is 18.3 Å². The highest BCUT2D eigenvalue weighted by Crippen LogP contribution is 2.29. The van der Waals surface area contributed by atoms with Crippen LogP contribution in [0.25, 0.3) is 11.5 Å². The van der Waals surface area contributed by atoms with E-state index in [2.05, 4.69) is 15.5 Å². The zero-order chi connectivity index (χ0) is 20.0. The van der Waals surface area contributed by atoms with E-state index in [4.69, 9.17) is 9.15 Å². The fourth-order valence-corrected chi connectivity index (χ4v) is 3.52. The molecule has 7 nitrogen and oxygen atoms in total. The number of rotatable bonds is 7. The SMILES string of the molecule is CCOC(=O)C1(NC(=O)CCc2nnc(-c3ccc(C)cc3)o2)CCCCC1. The molecule has 150 valence electrons. The quantitative estimate of drug-likeness (QED) is 0.735. The second kappa shape index (κ2) is 8.99. The number of ether oxygens (including phenoxy) is 1. The monoisotopic (exact) mass is 385 g/mol. The highest BCUT2D eigenvalue weighted by molar-refractivity contribution is 5.88. The smallest absolute Gasteiger partial charge is 0.331 e. The van der Waals surface area contributed by atoms with Gasteiger partial charge in [0.05, 0.1) is 6.61 Å². The van der Waals surface area contributed by atoms with Gasteiger partial charge < -0.3 is 14.5 Å². The van der Waals surface area contributed by atoms with Crippen LogP contribution in [0.3, 0.4) is 0 Å². The lowest BCUT2D eigenvalue weighted by molar-refractivity contribution is -0.155. The number of hydrogen-bond donors (Lipinski definition) is 1. The summed E-state index contributed by atoms with van der Waals surface area (Å²) in [7, 11) is 0. The van der Waals surface area contributed by atoms with Crippen LogP contribution in [-0.2, 0) is 20.7 Å². The summed E-state index contributed by atoms with van der Waals surface area (Å²) in [5.41, 5.74) is 1.10.